The van der Waals surface area contributed by atoms with Crippen LogP contribution >= 0.6 is 59.5 Å². The number of aliphatic carboxylic acids is 1. The minimum atomic E-state index is -1.14. The van der Waals surface area contributed by atoms with Crippen molar-refractivity contribution in [3.05, 3.63) is 94.0 Å². The van der Waals surface area contributed by atoms with Crippen LogP contribution in [0.2, 0.25) is 5.02 Å². The molecule has 0 aliphatic rings. The summed E-state index contributed by atoms with van der Waals surface area (Å²) >= 11 is 8.82. The number of thiazole rings is 1. The summed E-state index contributed by atoms with van der Waals surface area (Å²) in [6, 6.07) is 16.8. The van der Waals surface area contributed by atoms with E-state index in [2.05, 4.69) is 37.7 Å². The van der Waals surface area contributed by atoms with Crippen molar-refractivity contribution in [1.82, 2.24) is 30.6 Å². The molecule has 5 aromatic rings. The number of hydrogen-bond acceptors (Lipinski definition) is 12. The van der Waals surface area contributed by atoms with Gasteiger partial charge in [0.2, 0.25) is 5.91 Å². The maximum atomic E-state index is 12.8. The van der Waals surface area contributed by atoms with E-state index in [1.165, 1.54) is 36.3 Å². The van der Waals surface area contributed by atoms with Gasteiger partial charge in [0, 0.05) is 46.4 Å². The topological polar surface area (TPSA) is 216 Å². The first-order chi connectivity index (χ1) is 24.2. The number of carboxylic acids is 1. The Labute approximate surface area is 324 Å². The first kappa shape index (κ1) is 41.5. The standard InChI is InChI=1S/C34H30ClN9O4S2.2ClH/c1-19(34(46)47)42-31(45)28(12-23-15-39-18-41-23)40-10-11-48-25-8-4-20(5-9-25)29-26(13-36)30(38)44-33(27(29)14-37)50-17-24-16-49-32(43-24)21-2-6-22(35)7-3-21;;/h2-9,15-16,18-19,28,40H,10-12,17H2,1H3,(H2,38,44)(H,39,41)(H,42,45)(H,46,47);2*1H/t19-,28-;;/m0../s1. The number of aromatic amines is 1. The number of thioether (sulfide) groups is 1. The average Bonchev–Trinajstić information content (AvgIpc) is 3.81. The zero-order valence-electron chi connectivity index (χ0n) is 27.3. The lowest BCUT2D eigenvalue weighted by Gasteiger charge is -2.19. The molecule has 18 heteroatoms. The zero-order chi connectivity index (χ0) is 35.6. The highest BCUT2D eigenvalue weighted by molar-refractivity contribution is 7.98. The van der Waals surface area contributed by atoms with Crippen LogP contribution in [0.1, 0.15) is 29.4 Å². The molecule has 0 aliphatic heterocycles. The van der Waals surface area contributed by atoms with Crippen molar-refractivity contribution in [3.63, 3.8) is 0 Å². The summed E-state index contributed by atoms with van der Waals surface area (Å²) in [6.45, 7) is 1.84. The molecule has 0 saturated carbocycles. The molecule has 52 heavy (non-hydrogen) atoms. The first-order valence-electron chi connectivity index (χ1n) is 15.1. The molecule has 270 valence electrons. The monoisotopic (exact) mass is 799 g/mol. The van der Waals surface area contributed by atoms with Gasteiger partial charge in [-0.05, 0) is 36.8 Å². The number of carbonyl (C=O) groups excluding carboxylic acids is 1. The Kier molecular flexibility index (Phi) is 15.7. The van der Waals surface area contributed by atoms with E-state index in [1.54, 1.807) is 30.5 Å². The molecule has 0 aliphatic carbocycles. The molecule has 0 spiro atoms. The maximum Gasteiger partial charge on any atom is 0.325 e. The number of rotatable bonds is 15. The van der Waals surface area contributed by atoms with Crippen LogP contribution in [-0.2, 0) is 21.8 Å². The number of nitrogens with zero attached hydrogens (tertiary/aromatic N) is 5. The molecule has 5 rings (SSSR count). The highest BCUT2D eigenvalue weighted by Crippen LogP contribution is 2.37. The van der Waals surface area contributed by atoms with Crippen molar-refractivity contribution < 1.29 is 19.4 Å². The van der Waals surface area contributed by atoms with Crippen molar-refractivity contribution in [3.8, 4) is 39.6 Å². The second kappa shape index (κ2) is 19.7. The number of carbonyl (C=O) groups is 2. The number of carboxylic acid groups (broad SMARTS) is 1. The Balaban J connectivity index is 0.00000364. The van der Waals surface area contributed by atoms with E-state index in [1.807, 2.05) is 29.6 Å². The largest absolute Gasteiger partial charge is 0.492 e. The zero-order valence-corrected chi connectivity index (χ0v) is 31.4. The van der Waals surface area contributed by atoms with Crippen LogP contribution in [0.5, 0.6) is 5.75 Å². The summed E-state index contributed by atoms with van der Waals surface area (Å²) in [6.07, 6.45) is 3.40. The van der Waals surface area contributed by atoms with Gasteiger partial charge in [-0.2, -0.15) is 10.5 Å². The van der Waals surface area contributed by atoms with Crippen molar-refractivity contribution in [2.45, 2.75) is 36.2 Å². The van der Waals surface area contributed by atoms with Gasteiger partial charge in [0.25, 0.3) is 0 Å². The van der Waals surface area contributed by atoms with Crippen molar-refractivity contribution >= 4 is 77.2 Å². The van der Waals surface area contributed by atoms with E-state index in [0.717, 1.165) is 16.3 Å². The van der Waals surface area contributed by atoms with E-state index in [0.29, 0.717) is 38.4 Å². The number of halogens is 3. The summed E-state index contributed by atoms with van der Waals surface area (Å²) in [5.74, 6) is -0.659. The van der Waals surface area contributed by atoms with Crippen LogP contribution in [0.3, 0.4) is 0 Å². The number of nitriles is 2. The highest BCUT2D eigenvalue weighted by Gasteiger charge is 2.24. The molecule has 3 heterocycles. The Morgan fingerprint density at radius 1 is 1.06 bits per heavy atom. The second-order valence-corrected chi connectivity index (χ2v) is 13.1. The third kappa shape index (κ3) is 10.6. The number of nitrogens with one attached hydrogen (secondary N) is 3. The molecular weight excluding hydrogens is 769 g/mol. The molecule has 13 nitrogen and oxygen atoms in total. The van der Waals surface area contributed by atoms with Crippen molar-refractivity contribution in [2.75, 3.05) is 18.9 Å². The fourth-order valence-electron chi connectivity index (χ4n) is 4.80. The highest BCUT2D eigenvalue weighted by atomic mass is 35.5. The van der Waals surface area contributed by atoms with Gasteiger partial charge < -0.3 is 31.2 Å². The number of nitrogen functional groups attached to an aromatic ring is 1. The molecule has 2 atom stereocenters. The molecule has 1 amide bonds. The quantitative estimate of drug-likeness (QED) is 0.0620. The second-order valence-electron chi connectivity index (χ2n) is 10.8. The van der Waals surface area contributed by atoms with Crippen molar-refractivity contribution in [1.29, 1.82) is 10.5 Å². The molecule has 2 aromatic carbocycles. The maximum absolute atomic E-state index is 12.8. The number of hydrogen-bond donors (Lipinski definition) is 5. The Morgan fingerprint density at radius 3 is 2.38 bits per heavy atom. The lowest BCUT2D eigenvalue weighted by atomic mass is 9.97. The summed E-state index contributed by atoms with van der Waals surface area (Å²) in [4.78, 5) is 40.1. The number of aromatic nitrogens is 4. The predicted octanol–water partition coefficient (Wildman–Crippen LogP) is 5.88. The van der Waals surface area contributed by atoms with Gasteiger partial charge in [0.1, 0.15) is 52.0 Å². The third-order valence-electron chi connectivity index (χ3n) is 7.33. The number of nitrogens with two attached hydrogens (primary N) is 1. The van der Waals surface area contributed by atoms with Crippen LogP contribution in [-0.4, -0.2) is 62.2 Å². The molecule has 0 radical (unpaired) electrons. The summed E-state index contributed by atoms with van der Waals surface area (Å²) in [5, 5.41) is 38.7. The molecule has 6 N–H and O–H groups in total. The third-order valence-corrected chi connectivity index (χ3v) is 9.53. The molecule has 0 fully saturated rings. The Bertz CT molecular complexity index is 2050. The van der Waals surface area contributed by atoms with Gasteiger partial charge in [-0.1, -0.05) is 47.6 Å². The predicted molar refractivity (Wildman–Crippen MR) is 205 cm³/mol. The van der Waals surface area contributed by atoms with Gasteiger partial charge in [0.05, 0.1) is 29.3 Å². The fraction of sp³-hybridized carbons (Fsp3) is 0.206. The number of benzene rings is 2. The lowest BCUT2D eigenvalue weighted by molar-refractivity contribution is -0.141. The minimum absolute atomic E-state index is 0. The number of ether oxygens (including phenoxy) is 1. The molecule has 0 saturated heterocycles. The van der Waals surface area contributed by atoms with E-state index >= 15 is 0 Å². The van der Waals surface area contributed by atoms with Crippen LogP contribution in [0.4, 0.5) is 5.82 Å². The van der Waals surface area contributed by atoms with E-state index in [9.17, 15) is 25.2 Å². The normalized spacial score (nSPS) is 11.5. The van der Waals surface area contributed by atoms with Gasteiger partial charge in [-0.3, -0.25) is 9.59 Å². The number of H-pyrrole nitrogens is 1. The van der Waals surface area contributed by atoms with Crippen molar-refractivity contribution in [2.24, 2.45) is 0 Å². The fourth-order valence-corrected chi connectivity index (χ4v) is 6.74. The number of amides is 1. The number of imidazole rings is 1. The van der Waals surface area contributed by atoms with Gasteiger partial charge in [-0.15, -0.1) is 36.2 Å². The van der Waals surface area contributed by atoms with Gasteiger partial charge in [-0.25, -0.2) is 15.0 Å². The van der Waals surface area contributed by atoms with Gasteiger partial charge in [0.15, 0.2) is 0 Å². The van der Waals surface area contributed by atoms with Crippen LogP contribution in [0.15, 0.2) is 71.5 Å². The number of anilines is 1. The SMILES string of the molecule is C[C@H](NC(=O)[C@H](Cc1c[nH]cn1)NCCOc1ccc(-c2c(C#N)c(N)nc(SCc3csc(-c4ccc(Cl)cc4)n3)c2C#N)cc1)C(=O)O.Cl.Cl. The van der Waals surface area contributed by atoms with Gasteiger partial charge >= 0.3 is 5.97 Å². The Hall–Kier alpha value is -4.87. The number of pyridine rings is 1. The lowest BCUT2D eigenvalue weighted by Crippen LogP contribution is -2.50. The molecule has 0 unspecified atom stereocenters. The summed E-state index contributed by atoms with van der Waals surface area (Å²) < 4.78 is 5.88. The summed E-state index contributed by atoms with van der Waals surface area (Å²) in [5.41, 5.74) is 9.89. The van der Waals surface area contributed by atoms with Crippen LogP contribution in [0, 0.1) is 22.7 Å². The van der Waals surface area contributed by atoms with Crippen LogP contribution in [0.25, 0.3) is 21.7 Å². The Morgan fingerprint density at radius 2 is 1.75 bits per heavy atom. The molecule has 3 aromatic heterocycles. The molecular formula is C34H32Cl3N9O4S2. The molecule has 0 bridgehead atoms. The van der Waals surface area contributed by atoms with E-state index < -0.39 is 24.0 Å². The van der Waals surface area contributed by atoms with Crippen LogP contribution < -0.4 is 21.1 Å². The average molecular weight is 801 g/mol. The smallest absolute Gasteiger partial charge is 0.325 e. The van der Waals surface area contributed by atoms with E-state index in [-0.39, 0.29) is 61.3 Å². The minimum Gasteiger partial charge on any atom is -0.492 e. The van der Waals surface area contributed by atoms with E-state index in [4.69, 9.17) is 27.1 Å². The summed E-state index contributed by atoms with van der Waals surface area (Å²) in [7, 11) is 0. The first-order valence-corrected chi connectivity index (χ1v) is 17.3.